The van der Waals surface area contributed by atoms with Crippen LogP contribution in [0.15, 0.2) is 58.2 Å². The monoisotopic (exact) mass is 385 g/mol. The number of hydrogen-bond acceptors (Lipinski definition) is 7. The first-order valence-corrected chi connectivity index (χ1v) is 9.07. The van der Waals surface area contributed by atoms with E-state index in [-0.39, 0.29) is 5.91 Å². The fraction of sp³-hybridized carbons (Fsp3) is 0.211. The molecule has 3 aromatic rings. The van der Waals surface area contributed by atoms with Crippen molar-refractivity contribution in [3.63, 3.8) is 0 Å². The van der Waals surface area contributed by atoms with Gasteiger partial charge in [0.2, 0.25) is 11.8 Å². The Morgan fingerprint density at radius 3 is 2.52 bits per heavy atom. The highest BCUT2D eigenvalue weighted by Crippen LogP contribution is 2.29. The van der Waals surface area contributed by atoms with Crippen LogP contribution in [0.1, 0.15) is 6.92 Å². The van der Waals surface area contributed by atoms with Crippen LogP contribution in [0.4, 0.5) is 5.69 Å². The lowest BCUT2D eigenvalue weighted by Gasteiger charge is -2.12. The minimum absolute atomic E-state index is 0.186. The zero-order chi connectivity index (χ0) is 19.2. The number of anilines is 1. The minimum Gasteiger partial charge on any atom is -0.497 e. The Morgan fingerprint density at radius 2 is 1.81 bits per heavy atom. The van der Waals surface area contributed by atoms with E-state index in [1.807, 2.05) is 36.4 Å². The van der Waals surface area contributed by atoms with Crippen molar-refractivity contribution in [1.82, 2.24) is 10.2 Å². The highest BCUT2D eigenvalue weighted by molar-refractivity contribution is 8.00. The van der Waals surface area contributed by atoms with E-state index in [4.69, 9.17) is 13.9 Å². The van der Waals surface area contributed by atoms with E-state index < -0.39 is 5.25 Å². The van der Waals surface area contributed by atoms with E-state index >= 15 is 0 Å². The number of para-hydroxylation sites is 2. The Labute approximate surface area is 161 Å². The Bertz CT molecular complexity index is 911. The van der Waals surface area contributed by atoms with Gasteiger partial charge in [-0.15, -0.1) is 10.2 Å². The van der Waals surface area contributed by atoms with Gasteiger partial charge in [0.15, 0.2) is 0 Å². The molecule has 1 heterocycles. The van der Waals surface area contributed by atoms with Gasteiger partial charge >= 0.3 is 0 Å². The highest BCUT2D eigenvalue weighted by atomic mass is 32.2. The lowest BCUT2D eigenvalue weighted by Crippen LogP contribution is -2.22. The normalized spacial score (nSPS) is 11.7. The van der Waals surface area contributed by atoms with Crippen LogP contribution < -0.4 is 14.8 Å². The average molecular weight is 385 g/mol. The molecule has 0 bridgehead atoms. The van der Waals surface area contributed by atoms with Gasteiger partial charge in [0.25, 0.3) is 5.22 Å². The molecule has 7 nitrogen and oxygen atoms in total. The summed E-state index contributed by atoms with van der Waals surface area (Å²) in [5, 5.41) is 10.8. The molecule has 27 heavy (non-hydrogen) atoms. The zero-order valence-electron chi connectivity index (χ0n) is 15.1. The van der Waals surface area contributed by atoms with E-state index in [1.54, 1.807) is 33.3 Å². The molecule has 0 aliphatic heterocycles. The number of aromatic nitrogens is 2. The smallest absolute Gasteiger partial charge is 0.277 e. The van der Waals surface area contributed by atoms with Gasteiger partial charge in [0, 0.05) is 5.56 Å². The summed E-state index contributed by atoms with van der Waals surface area (Å²) in [5.74, 6) is 1.54. The molecule has 140 valence electrons. The molecule has 0 fully saturated rings. The predicted molar refractivity (Wildman–Crippen MR) is 103 cm³/mol. The third-order valence-electron chi connectivity index (χ3n) is 3.76. The number of hydrogen-bond donors (Lipinski definition) is 1. The number of ether oxygens (including phenoxy) is 2. The number of carbonyl (C=O) groups excluding carboxylic acids is 1. The zero-order valence-corrected chi connectivity index (χ0v) is 15.9. The first-order valence-electron chi connectivity index (χ1n) is 8.19. The van der Waals surface area contributed by atoms with Crippen molar-refractivity contribution in [3.05, 3.63) is 48.5 Å². The predicted octanol–water partition coefficient (Wildman–Crippen LogP) is 3.87. The highest BCUT2D eigenvalue weighted by Gasteiger charge is 2.20. The minimum atomic E-state index is -0.431. The Morgan fingerprint density at radius 1 is 1.07 bits per heavy atom. The maximum absolute atomic E-state index is 12.4. The number of rotatable bonds is 7. The molecule has 0 unspecified atom stereocenters. The van der Waals surface area contributed by atoms with Crippen LogP contribution in [0.25, 0.3) is 11.5 Å². The second-order valence-electron chi connectivity index (χ2n) is 5.55. The Kier molecular flexibility index (Phi) is 5.97. The van der Waals surface area contributed by atoms with E-state index in [0.29, 0.717) is 22.6 Å². The summed E-state index contributed by atoms with van der Waals surface area (Å²) in [5.41, 5.74) is 1.39. The molecule has 0 saturated heterocycles. The lowest BCUT2D eigenvalue weighted by atomic mass is 10.2. The number of nitrogens with zero attached hydrogens (tertiary/aromatic N) is 2. The maximum Gasteiger partial charge on any atom is 0.277 e. The van der Waals surface area contributed by atoms with Gasteiger partial charge in [0.1, 0.15) is 11.5 Å². The number of nitrogens with one attached hydrogen (secondary N) is 1. The quantitative estimate of drug-likeness (QED) is 0.618. The maximum atomic E-state index is 12.4. The van der Waals surface area contributed by atoms with Gasteiger partial charge in [-0.25, -0.2) is 0 Å². The summed E-state index contributed by atoms with van der Waals surface area (Å²) in [4.78, 5) is 12.4. The summed E-state index contributed by atoms with van der Waals surface area (Å²) in [6, 6.07) is 14.5. The molecule has 0 saturated carbocycles. The van der Waals surface area contributed by atoms with Crippen LogP contribution in [0.5, 0.6) is 11.5 Å². The van der Waals surface area contributed by atoms with Gasteiger partial charge in [-0.1, -0.05) is 23.9 Å². The van der Waals surface area contributed by atoms with Gasteiger partial charge in [-0.05, 0) is 43.3 Å². The van der Waals surface area contributed by atoms with E-state index in [0.717, 1.165) is 11.3 Å². The van der Waals surface area contributed by atoms with Gasteiger partial charge in [-0.3, -0.25) is 4.79 Å². The van der Waals surface area contributed by atoms with Crippen LogP contribution in [-0.2, 0) is 4.79 Å². The summed E-state index contributed by atoms with van der Waals surface area (Å²) < 4.78 is 16.0. The SMILES string of the molecule is COc1ccc(-c2nnc(S[C@@H](C)C(=O)Nc3ccccc3OC)o2)cc1. The molecule has 1 aromatic heterocycles. The second kappa shape index (κ2) is 8.59. The summed E-state index contributed by atoms with van der Waals surface area (Å²) in [6.45, 7) is 1.77. The second-order valence-corrected chi connectivity index (χ2v) is 6.84. The van der Waals surface area contributed by atoms with Gasteiger partial charge in [-0.2, -0.15) is 0 Å². The molecule has 0 aliphatic carbocycles. The van der Waals surface area contributed by atoms with Crippen molar-refractivity contribution in [1.29, 1.82) is 0 Å². The number of thioether (sulfide) groups is 1. The standard InChI is InChI=1S/C19H19N3O4S/c1-12(17(23)20-15-6-4-5-7-16(15)25-3)27-19-22-21-18(26-19)13-8-10-14(24-2)11-9-13/h4-12H,1-3H3,(H,20,23)/t12-/m0/s1. The fourth-order valence-electron chi connectivity index (χ4n) is 2.29. The molecule has 2 aromatic carbocycles. The van der Waals surface area contributed by atoms with E-state index in [2.05, 4.69) is 15.5 Å². The van der Waals surface area contributed by atoms with Gasteiger partial charge < -0.3 is 19.2 Å². The molecule has 0 aliphatic rings. The summed E-state index contributed by atoms with van der Waals surface area (Å²) in [7, 11) is 3.16. The first kappa shape index (κ1) is 18.8. The Balaban J connectivity index is 1.64. The molecule has 1 amide bonds. The van der Waals surface area contributed by atoms with Crippen molar-refractivity contribution < 1.29 is 18.7 Å². The van der Waals surface area contributed by atoms with Crippen molar-refractivity contribution in [2.75, 3.05) is 19.5 Å². The fourth-order valence-corrected chi connectivity index (χ4v) is 2.98. The largest absolute Gasteiger partial charge is 0.497 e. The van der Waals surface area contributed by atoms with Crippen molar-refractivity contribution in [2.24, 2.45) is 0 Å². The summed E-state index contributed by atoms with van der Waals surface area (Å²) in [6.07, 6.45) is 0. The number of amides is 1. The van der Waals surface area contributed by atoms with Crippen LogP contribution in [-0.4, -0.2) is 35.6 Å². The molecule has 1 N–H and O–H groups in total. The molecule has 0 radical (unpaired) electrons. The van der Waals surface area contributed by atoms with Crippen LogP contribution >= 0.6 is 11.8 Å². The van der Waals surface area contributed by atoms with E-state index in [1.165, 1.54) is 11.8 Å². The van der Waals surface area contributed by atoms with Gasteiger partial charge in [0.05, 0.1) is 25.2 Å². The number of methoxy groups -OCH3 is 2. The molecule has 1 atom stereocenters. The number of benzene rings is 2. The van der Waals surface area contributed by atoms with Crippen LogP contribution in [0, 0.1) is 0 Å². The van der Waals surface area contributed by atoms with Crippen LogP contribution in [0.2, 0.25) is 0 Å². The molecular formula is C19H19N3O4S. The molecule has 3 rings (SSSR count). The third kappa shape index (κ3) is 4.59. The lowest BCUT2D eigenvalue weighted by molar-refractivity contribution is -0.115. The third-order valence-corrected chi connectivity index (χ3v) is 4.69. The molecular weight excluding hydrogens is 366 g/mol. The van der Waals surface area contributed by atoms with Crippen molar-refractivity contribution in [3.8, 4) is 23.0 Å². The average Bonchev–Trinajstić information content (AvgIpc) is 3.16. The molecule has 0 spiro atoms. The van der Waals surface area contributed by atoms with Crippen molar-refractivity contribution in [2.45, 2.75) is 17.4 Å². The summed E-state index contributed by atoms with van der Waals surface area (Å²) >= 11 is 1.19. The molecule has 8 heteroatoms. The topological polar surface area (TPSA) is 86.5 Å². The Hall–Kier alpha value is -3.00. The van der Waals surface area contributed by atoms with E-state index in [9.17, 15) is 4.79 Å². The first-order chi connectivity index (χ1) is 13.1. The van der Waals surface area contributed by atoms with Crippen molar-refractivity contribution >= 4 is 23.4 Å². The van der Waals surface area contributed by atoms with Crippen LogP contribution in [0.3, 0.4) is 0 Å². The number of carbonyl (C=O) groups is 1.